The fraction of sp³-hybridized carbons (Fsp3) is 0.222. The summed E-state index contributed by atoms with van der Waals surface area (Å²) in [5, 5.41) is 3.02. The number of carbonyl (C=O) groups is 1. The molecule has 0 spiro atoms. The molecule has 1 amide bonds. The number of nitrogens with one attached hydrogen (secondary N) is 1. The van der Waals surface area contributed by atoms with E-state index in [1.54, 1.807) is 35.6 Å². The van der Waals surface area contributed by atoms with Crippen LogP contribution >= 0.6 is 0 Å². The molecule has 4 rings (SSSR count). The topological polar surface area (TPSA) is 72.7 Å². The molecule has 1 aliphatic rings. The maximum Gasteiger partial charge on any atom is 0.289 e. The molecule has 1 N–H and O–H groups in total. The third-order valence-corrected chi connectivity index (χ3v) is 4.36. The first-order valence-electron chi connectivity index (χ1n) is 7.97. The Morgan fingerprint density at radius 1 is 1.12 bits per heavy atom. The zero-order valence-electron chi connectivity index (χ0n) is 13.0. The Labute approximate surface area is 139 Å². The molecule has 3 aromatic rings. The summed E-state index contributed by atoms with van der Waals surface area (Å²) in [5.74, 6) is 1.11. The van der Waals surface area contributed by atoms with Crippen LogP contribution in [0.25, 0.3) is 5.82 Å². The van der Waals surface area contributed by atoms with E-state index in [0.29, 0.717) is 11.7 Å². The number of hydrogen-bond acceptors (Lipinski definition) is 4. The van der Waals surface area contributed by atoms with E-state index in [-0.39, 0.29) is 17.8 Å². The maximum absolute atomic E-state index is 12.4. The van der Waals surface area contributed by atoms with Crippen LogP contribution in [0.3, 0.4) is 0 Å². The highest BCUT2D eigenvalue weighted by atomic mass is 16.2. The fourth-order valence-corrected chi connectivity index (χ4v) is 2.98. The van der Waals surface area contributed by atoms with Crippen molar-refractivity contribution in [2.45, 2.75) is 24.8 Å². The van der Waals surface area contributed by atoms with Gasteiger partial charge in [-0.05, 0) is 30.4 Å². The number of benzene rings is 1. The smallest absolute Gasteiger partial charge is 0.289 e. The standard InChI is InChI=1S/C18H17N5O/c24-18(17-20-7-6-16(22-17)23-9-8-19-12-23)21-15-10-14(11-15)13-4-2-1-3-5-13/h1-9,12,14-15H,10-11H2,(H,21,24)/t14-,15-. The summed E-state index contributed by atoms with van der Waals surface area (Å²) in [6, 6.07) is 12.3. The number of aromatic nitrogens is 4. The summed E-state index contributed by atoms with van der Waals surface area (Å²) >= 11 is 0. The molecule has 120 valence electrons. The first kappa shape index (κ1) is 14.6. The number of amides is 1. The van der Waals surface area contributed by atoms with Crippen molar-refractivity contribution in [1.82, 2.24) is 24.8 Å². The lowest BCUT2D eigenvalue weighted by Gasteiger charge is -2.36. The van der Waals surface area contributed by atoms with Crippen LogP contribution in [0.1, 0.15) is 34.9 Å². The van der Waals surface area contributed by atoms with Gasteiger partial charge in [-0.2, -0.15) is 0 Å². The number of rotatable bonds is 4. The quantitative estimate of drug-likeness (QED) is 0.801. The van der Waals surface area contributed by atoms with Gasteiger partial charge in [0.25, 0.3) is 5.91 Å². The highest BCUT2D eigenvalue weighted by molar-refractivity contribution is 5.90. The molecule has 24 heavy (non-hydrogen) atoms. The molecule has 0 aliphatic heterocycles. The predicted octanol–water partition coefficient (Wildman–Crippen LogP) is 2.34. The molecule has 6 heteroatoms. The first-order valence-corrected chi connectivity index (χ1v) is 7.97. The van der Waals surface area contributed by atoms with Crippen molar-refractivity contribution in [2.75, 3.05) is 0 Å². The van der Waals surface area contributed by atoms with Crippen molar-refractivity contribution in [3.8, 4) is 5.82 Å². The lowest BCUT2D eigenvalue weighted by atomic mass is 9.76. The normalized spacial score (nSPS) is 19.5. The number of nitrogens with zero attached hydrogens (tertiary/aromatic N) is 4. The van der Waals surface area contributed by atoms with E-state index in [2.05, 4.69) is 44.5 Å². The molecule has 6 nitrogen and oxygen atoms in total. The Bertz CT molecular complexity index is 826. The van der Waals surface area contributed by atoms with Gasteiger partial charge in [-0.25, -0.2) is 15.0 Å². The Hall–Kier alpha value is -3.02. The van der Waals surface area contributed by atoms with Crippen LogP contribution in [0.15, 0.2) is 61.3 Å². The number of hydrogen-bond donors (Lipinski definition) is 1. The largest absolute Gasteiger partial charge is 0.347 e. The van der Waals surface area contributed by atoms with Gasteiger partial charge < -0.3 is 5.32 Å². The van der Waals surface area contributed by atoms with Gasteiger partial charge in [0.15, 0.2) is 0 Å². The molecular formula is C18H17N5O. The molecule has 1 aromatic carbocycles. The van der Waals surface area contributed by atoms with Crippen molar-refractivity contribution >= 4 is 5.91 Å². The Balaban J connectivity index is 1.38. The van der Waals surface area contributed by atoms with Crippen LogP contribution in [-0.4, -0.2) is 31.5 Å². The van der Waals surface area contributed by atoms with Gasteiger partial charge in [-0.1, -0.05) is 30.3 Å². The number of carbonyl (C=O) groups excluding carboxylic acids is 1. The van der Waals surface area contributed by atoms with Crippen molar-refractivity contribution < 1.29 is 4.79 Å². The lowest BCUT2D eigenvalue weighted by molar-refractivity contribution is 0.0898. The summed E-state index contributed by atoms with van der Waals surface area (Å²) < 4.78 is 1.74. The average molecular weight is 319 g/mol. The monoisotopic (exact) mass is 319 g/mol. The summed E-state index contributed by atoms with van der Waals surface area (Å²) in [6.45, 7) is 0. The lowest BCUT2D eigenvalue weighted by Crippen LogP contribution is -2.43. The summed E-state index contributed by atoms with van der Waals surface area (Å²) in [5.41, 5.74) is 1.33. The molecule has 1 aliphatic carbocycles. The zero-order valence-corrected chi connectivity index (χ0v) is 13.0. The second-order valence-electron chi connectivity index (χ2n) is 5.96. The molecule has 2 aromatic heterocycles. The van der Waals surface area contributed by atoms with E-state index in [4.69, 9.17) is 0 Å². The second-order valence-corrected chi connectivity index (χ2v) is 5.96. The highest BCUT2D eigenvalue weighted by Crippen LogP contribution is 2.36. The highest BCUT2D eigenvalue weighted by Gasteiger charge is 2.31. The predicted molar refractivity (Wildman–Crippen MR) is 88.8 cm³/mol. The van der Waals surface area contributed by atoms with Gasteiger partial charge in [0, 0.05) is 24.6 Å². The third kappa shape index (κ3) is 2.90. The van der Waals surface area contributed by atoms with Crippen LogP contribution in [-0.2, 0) is 0 Å². The van der Waals surface area contributed by atoms with Crippen LogP contribution in [0.2, 0.25) is 0 Å². The van der Waals surface area contributed by atoms with E-state index in [0.717, 1.165) is 12.8 Å². The molecule has 0 unspecified atom stereocenters. The molecule has 0 saturated heterocycles. The minimum Gasteiger partial charge on any atom is -0.347 e. The zero-order chi connectivity index (χ0) is 16.4. The molecule has 2 heterocycles. The SMILES string of the molecule is O=C(N[C@H]1C[C@H](c2ccccc2)C1)c1nccc(-n2ccnc2)n1. The molecular weight excluding hydrogens is 302 g/mol. The molecule has 1 fully saturated rings. The average Bonchev–Trinajstić information content (AvgIpc) is 3.13. The summed E-state index contributed by atoms with van der Waals surface area (Å²) in [6.07, 6.45) is 8.58. The second kappa shape index (κ2) is 6.23. The van der Waals surface area contributed by atoms with Gasteiger partial charge in [0.1, 0.15) is 12.1 Å². The Kier molecular flexibility index (Phi) is 3.78. The maximum atomic E-state index is 12.4. The van der Waals surface area contributed by atoms with E-state index in [1.165, 1.54) is 5.56 Å². The van der Waals surface area contributed by atoms with Crippen LogP contribution < -0.4 is 5.32 Å². The third-order valence-electron chi connectivity index (χ3n) is 4.36. The minimum atomic E-state index is -0.228. The van der Waals surface area contributed by atoms with Crippen molar-refractivity contribution in [3.05, 3.63) is 72.7 Å². The van der Waals surface area contributed by atoms with Crippen LogP contribution in [0.4, 0.5) is 0 Å². The van der Waals surface area contributed by atoms with Gasteiger partial charge in [-0.3, -0.25) is 9.36 Å². The summed E-state index contributed by atoms with van der Waals surface area (Å²) in [4.78, 5) is 24.7. The van der Waals surface area contributed by atoms with Crippen molar-refractivity contribution in [1.29, 1.82) is 0 Å². The molecule has 1 saturated carbocycles. The van der Waals surface area contributed by atoms with E-state index in [9.17, 15) is 4.79 Å². The van der Waals surface area contributed by atoms with Gasteiger partial charge in [0.05, 0.1) is 0 Å². The van der Waals surface area contributed by atoms with Crippen molar-refractivity contribution in [2.24, 2.45) is 0 Å². The number of imidazole rings is 1. The minimum absolute atomic E-state index is 0.184. The van der Waals surface area contributed by atoms with Crippen molar-refractivity contribution in [3.63, 3.8) is 0 Å². The van der Waals surface area contributed by atoms with Gasteiger partial charge in [0.2, 0.25) is 5.82 Å². The molecule has 0 atom stereocenters. The van der Waals surface area contributed by atoms with E-state index >= 15 is 0 Å². The first-order chi connectivity index (χ1) is 11.8. The van der Waals surface area contributed by atoms with Crippen LogP contribution in [0, 0.1) is 0 Å². The van der Waals surface area contributed by atoms with Crippen LogP contribution in [0.5, 0.6) is 0 Å². The van der Waals surface area contributed by atoms with E-state index in [1.807, 2.05) is 6.07 Å². The molecule has 0 radical (unpaired) electrons. The van der Waals surface area contributed by atoms with Gasteiger partial charge >= 0.3 is 0 Å². The molecule has 0 bridgehead atoms. The van der Waals surface area contributed by atoms with Gasteiger partial charge in [-0.15, -0.1) is 0 Å². The Morgan fingerprint density at radius 3 is 2.71 bits per heavy atom. The Morgan fingerprint density at radius 2 is 1.96 bits per heavy atom. The van der Waals surface area contributed by atoms with E-state index < -0.39 is 0 Å². The fourth-order valence-electron chi connectivity index (χ4n) is 2.98. The summed E-state index contributed by atoms with van der Waals surface area (Å²) in [7, 11) is 0.